The maximum absolute atomic E-state index is 6.12. The molecule has 0 amide bonds. The fraction of sp³-hybridized carbons (Fsp3) is 0.684. The van der Waals surface area contributed by atoms with Gasteiger partial charge in [0.2, 0.25) is 0 Å². The van der Waals surface area contributed by atoms with Gasteiger partial charge in [-0.2, -0.15) is 0 Å². The fourth-order valence-corrected chi connectivity index (χ4v) is 6.54. The summed E-state index contributed by atoms with van der Waals surface area (Å²) in [6, 6.07) is 11.8. The molecule has 21 heavy (non-hydrogen) atoms. The maximum atomic E-state index is 6.12. The minimum Gasteiger partial charge on any atom is -0.329 e. The highest BCUT2D eigenvalue weighted by molar-refractivity contribution is 5.31. The quantitative estimate of drug-likeness (QED) is 0.892. The first-order valence-corrected chi connectivity index (χ1v) is 8.63. The van der Waals surface area contributed by atoms with E-state index in [0.29, 0.717) is 16.9 Å². The summed E-state index contributed by atoms with van der Waals surface area (Å²) in [5.41, 5.74) is 8.60. The van der Waals surface area contributed by atoms with Crippen LogP contribution in [0.2, 0.25) is 0 Å². The van der Waals surface area contributed by atoms with Crippen LogP contribution in [0.1, 0.15) is 44.1 Å². The van der Waals surface area contributed by atoms with E-state index < -0.39 is 0 Å². The molecular formula is C19H28N2. The molecule has 4 fully saturated rings. The van der Waals surface area contributed by atoms with Crippen molar-refractivity contribution >= 4 is 0 Å². The van der Waals surface area contributed by atoms with Crippen LogP contribution in [0, 0.1) is 17.3 Å². The highest BCUT2D eigenvalue weighted by Gasteiger charge is 2.59. The second-order valence-electron chi connectivity index (χ2n) is 8.05. The zero-order valence-corrected chi connectivity index (χ0v) is 13.1. The molecule has 4 aliphatic carbocycles. The van der Waals surface area contributed by atoms with Gasteiger partial charge in [0.25, 0.3) is 0 Å². The van der Waals surface area contributed by atoms with Crippen LogP contribution < -0.4 is 11.1 Å². The topological polar surface area (TPSA) is 38.0 Å². The summed E-state index contributed by atoms with van der Waals surface area (Å²) in [5.74, 6) is 1.85. The predicted molar refractivity (Wildman–Crippen MR) is 87.1 cm³/mol. The van der Waals surface area contributed by atoms with Gasteiger partial charge in [0.05, 0.1) is 0 Å². The molecule has 3 unspecified atom stereocenters. The summed E-state index contributed by atoms with van der Waals surface area (Å²) in [7, 11) is 2.10. The Morgan fingerprint density at radius 3 is 2.38 bits per heavy atom. The molecule has 114 valence electrons. The average molecular weight is 284 g/mol. The third-order valence-electron chi connectivity index (χ3n) is 6.82. The van der Waals surface area contributed by atoms with Crippen LogP contribution in [0.5, 0.6) is 0 Å². The Labute approximate surface area is 128 Å². The number of nitrogens with two attached hydrogens (primary N) is 1. The molecule has 2 heteroatoms. The Hall–Kier alpha value is -0.860. The molecule has 2 nitrogen and oxygen atoms in total. The van der Waals surface area contributed by atoms with E-state index in [2.05, 4.69) is 42.7 Å². The van der Waals surface area contributed by atoms with Crippen LogP contribution in [0.25, 0.3) is 0 Å². The Morgan fingerprint density at radius 2 is 1.81 bits per heavy atom. The fourth-order valence-electron chi connectivity index (χ4n) is 6.54. The molecule has 3 N–H and O–H groups in total. The Balaban J connectivity index is 1.75. The molecule has 5 rings (SSSR count). The van der Waals surface area contributed by atoms with Crippen molar-refractivity contribution in [2.45, 2.75) is 50.0 Å². The van der Waals surface area contributed by atoms with E-state index in [1.807, 2.05) is 0 Å². The summed E-state index contributed by atoms with van der Waals surface area (Å²) in [6.07, 6.45) is 8.45. The largest absolute Gasteiger partial charge is 0.329 e. The van der Waals surface area contributed by atoms with Crippen LogP contribution in [0.3, 0.4) is 0 Å². The van der Waals surface area contributed by atoms with E-state index in [4.69, 9.17) is 5.73 Å². The van der Waals surface area contributed by atoms with Gasteiger partial charge in [-0.1, -0.05) is 30.3 Å². The van der Waals surface area contributed by atoms with Crippen molar-refractivity contribution in [3.8, 4) is 0 Å². The molecule has 4 saturated carbocycles. The third kappa shape index (κ3) is 1.99. The molecule has 0 spiro atoms. The van der Waals surface area contributed by atoms with Crippen molar-refractivity contribution in [3.05, 3.63) is 35.9 Å². The number of hydrogen-bond acceptors (Lipinski definition) is 2. The number of likely N-dealkylation sites (N-methyl/N-ethyl adjacent to an activating group) is 1. The maximum Gasteiger partial charge on any atom is 0.0244 e. The Morgan fingerprint density at radius 1 is 1.14 bits per heavy atom. The predicted octanol–water partition coefficient (Wildman–Crippen LogP) is 3.07. The second kappa shape index (κ2) is 4.82. The summed E-state index contributed by atoms with van der Waals surface area (Å²) in [6.45, 7) is 0.779. The summed E-state index contributed by atoms with van der Waals surface area (Å²) >= 11 is 0. The monoisotopic (exact) mass is 284 g/mol. The molecular weight excluding hydrogens is 256 g/mol. The van der Waals surface area contributed by atoms with Gasteiger partial charge in [-0.15, -0.1) is 0 Å². The molecule has 4 bridgehead atoms. The van der Waals surface area contributed by atoms with Gasteiger partial charge in [-0.25, -0.2) is 0 Å². The highest BCUT2D eigenvalue weighted by atomic mass is 14.9. The molecule has 1 aromatic rings. The zero-order chi connectivity index (χ0) is 14.5. The van der Waals surface area contributed by atoms with Gasteiger partial charge < -0.3 is 11.1 Å². The smallest absolute Gasteiger partial charge is 0.0244 e. The molecule has 0 aromatic heterocycles. The second-order valence-corrected chi connectivity index (χ2v) is 8.05. The molecule has 1 aromatic carbocycles. The average Bonchev–Trinajstić information content (AvgIpc) is 2.48. The van der Waals surface area contributed by atoms with Gasteiger partial charge in [0.15, 0.2) is 0 Å². The van der Waals surface area contributed by atoms with E-state index in [-0.39, 0.29) is 0 Å². The lowest BCUT2D eigenvalue weighted by atomic mass is 9.41. The van der Waals surface area contributed by atoms with Crippen molar-refractivity contribution in [2.24, 2.45) is 23.0 Å². The zero-order valence-electron chi connectivity index (χ0n) is 13.1. The first kappa shape index (κ1) is 13.8. The van der Waals surface area contributed by atoms with Crippen molar-refractivity contribution in [2.75, 3.05) is 13.6 Å². The summed E-state index contributed by atoms with van der Waals surface area (Å²) in [5, 5.41) is 3.55. The molecule has 0 radical (unpaired) electrons. The Kier molecular flexibility index (Phi) is 3.16. The molecule has 4 aliphatic rings. The number of nitrogens with one attached hydrogen (secondary N) is 1. The first-order valence-electron chi connectivity index (χ1n) is 8.63. The summed E-state index contributed by atoms with van der Waals surface area (Å²) in [4.78, 5) is 0. The van der Waals surface area contributed by atoms with Crippen molar-refractivity contribution < 1.29 is 0 Å². The van der Waals surface area contributed by atoms with Crippen molar-refractivity contribution in [1.82, 2.24) is 5.32 Å². The molecule has 0 heterocycles. The number of rotatable bonds is 4. The lowest BCUT2D eigenvalue weighted by molar-refractivity contribution is -0.0884. The van der Waals surface area contributed by atoms with Gasteiger partial charge >= 0.3 is 0 Å². The molecule has 0 saturated heterocycles. The van der Waals surface area contributed by atoms with E-state index >= 15 is 0 Å². The SMILES string of the molecule is CNC(CN)C12CC3CC(CC(c4ccccc4)(C3)C1)C2. The van der Waals surface area contributed by atoms with E-state index in [1.165, 1.54) is 38.5 Å². The van der Waals surface area contributed by atoms with Gasteiger partial charge in [0.1, 0.15) is 0 Å². The van der Waals surface area contributed by atoms with Gasteiger partial charge in [-0.05, 0) is 73.8 Å². The van der Waals surface area contributed by atoms with E-state index in [9.17, 15) is 0 Å². The number of benzene rings is 1. The van der Waals surface area contributed by atoms with Crippen LogP contribution in [-0.2, 0) is 5.41 Å². The van der Waals surface area contributed by atoms with Crippen LogP contribution in [0.15, 0.2) is 30.3 Å². The summed E-state index contributed by atoms with van der Waals surface area (Å²) < 4.78 is 0. The lowest BCUT2D eigenvalue weighted by Gasteiger charge is -2.64. The first-order chi connectivity index (χ1) is 10.2. The van der Waals surface area contributed by atoms with Crippen molar-refractivity contribution in [1.29, 1.82) is 0 Å². The third-order valence-corrected chi connectivity index (χ3v) is 6.82. The normalized spacial score (nSPS) is 42.2. The van der Waals surface area contributed by atoms with Gasteiger partial charge in [0, 0.05) is 12.6 Å². The minimum atomic E-state index is 0.440. The lowest BCUT2D eigenvalue weighted by Crippen LogP contribution is -2.61. The highest BCUT2D eigenvalue weighted by Crippen LogP contribution is 2.66. The van der Waals surface area contributed by atoms with Crippen molar-refractivity contribution in [3.63, 3.8) is 0 Å². The standard InChI is InChI=1S/C19H28N2/c1-21-17(12-20)19-10-14-7-15(11-19)9-18(8-14,13-19)16-5-3-2-4-6-16/h2-6,14-15,17,21H,7-13,20H2,1H3. The van der Waals surface area contributed by atoms with E-state index in [1.54, 1.807) is 5.56 Å². The van der Waals surface area contributed by atoms with Crippen LogP contribution in [-0.4, -0.2) is 19.6 Å². The Bertz CT molecular complexity index is 492. The van der Waals surface area contributed by atoms with Crippen LogP contribution in [0.4, 0.5) is 0 Å². The number of hydrogen-bond donors (Lipinski definition) is 2. The minimum absolute atomic E-state index is 0.440. The van der Waals surface area contributed by atoms with Gasteiger partial charge in [-0.3, -0.25) is 0 Å². The van der Waals surface area contributed by atoms with Crippen LogP contribution >= 0.6 is 0 Å². The molecule has 0 aliphatic heterocycles. The van der Waals surface area contributed by atoms with E-state index in [0.717, 1.165) is 18.4 Å². The molecule has 3 atom stereocenters.